The molecule has 2 rings (SSSR count). The fourth-order valence-electron chi connectivity index (χ4n) is 1.96. The molecule has 5 heteroatoms. The number of hydrogen-bond donors (Lipinski definition) is 0. The molecule has 2 aliphatic heterocycles. The van der Waals surface area contributed by atoms with E-state index in [2.05, 4.69) is 0 Å². The molecule has 2 heterocycles. The molecule has 90 valence electrons. The summed E-state index contributed by atoms with van der Waals surface area (Å²) in [7, 11) is 0. The normalized spacial score (nSPS) is 28.9. The van der Waals surface area contributed by atoms with E-state index in [1.807, 2.05) is 20.8 Å². The predicted molar refractivity (Wildman–Crippen MR) is 55.8 cm³/mol. The average Bonchev–Trinajstić information content (AvgIpc) is 2.12. The van der Waals surface area contributed by atoms with Gasteiger partial charge in [0.25, 0.3) is 0 Å². The van der Waals surface area contributed by atoms with E-state index in [4.69, 9.17) is 9.47 Å². The van der Waals surface area contributed by atoms with Crippen molar-refractivity contribution in [3.8, 4) is 0 Å². The number of carbonyl (C=O) groups is 2. The Balaban J connectivity index is 1.88. The zero-order valence-electron chi connectivity index (χ0n) is 9.86. The third-order valence-electron chi connectivity index (χ3n) is 2.78. The van der Waals surface area contributed by atoms with Crippen LogP contribution in [0.15, 0.2) is 0 Å². The van der Waals surface area contributed by atoms with Crippen LogP contribution in [0.1, 0.15) is 27.2 Å². The Labute approximate surface area is 94.7 Å². The number of nitrogens with zero attached hydrogens (tertiary/aromatic N) is 1. The Morgan fingerprint density at radius 2 is 2.19 bits per heavy atom. The minimum Gasteiger partial charge on any atom is -0.459 e. The molecule has 0 radical (unpaired) electrons. The van der Waals surface area contributed by atoms with Gasteiger partial charge in [-0.05, 0) is 27.2 Å². The van der Waals surface area contributed by atoms with Gasteiger partial charge in [-0.25, -0.2) is 4.79 Å². The van der Waals surface area contributed by atoms with Crippen molar-refractivity contribution in [1.82, 2.24) is 4.90 Å². The van der Waals surface area contributed by atoms with Crippen molar-refractivity contribution >= 4 is 12.1 Å². The van der Waals surface area contributed by atoms with E-state index in [0.717, 1.165) is 0 Å². The van der Waals surface area contributed by atoms with Crippen molar-refractivity contribution in [2.45, 2.75) is 38.9 Å². The fourth-order valence-corrected chi connectivity index (χ4v) is 1.96. The van der Waals surface area contributed by atoms with Crippen molar-refractivity contribution in [1.29, 1.82) is 0 Å². The number of esters is 1. The van der Waals surface area contributed by atoms with Crippen LogP contribution in [0, 0.1) is 5.92 Å². The fraction of sp³-hybridized carbons (Fsp3) is 0.818. The Morgan fingerprint density at radius 1 is 1.50 bits per heavy atom. The molecule has 2 fully saturated rings. The number of amides is 1. The van der Waals surface area contributed by atoms with Crippen LogP contribution in [0.25, 0.3) is 0 Å². The molecule has 2 atom stereocenters. The third-order valence-corrected chi connectivity index (χ3v) is 2.78. The quantitative estimate of drug-likeness (QED) is 0.583. The second-order valence-electron chi connectivity index (χ2n) is 5.30. The molecule has 0 aromatic rings. The minimum absolute atomic E-state index is 0.00122. The maximum Gasteiger partial charge on any atom is 0.410 e. The zero-order valence-corrected chi connectivity index (χ0v) is 9.86. The number of fused-ring (bicyclic) bond motifs is 1. The van der Waals surface area contributed by atoms with Crippen molar-refractivity contribution in [3.05, 3.63) is 0 Å². The Morgan fingerprint density at radius 3 is 2.69 bits per heavy atom. The number of rotatable bonds is 0. The molecular weight excluding hydrogens is 210 g/mol. The number of carbonyl (C=O) groups excluding carboxylic acids is 2. The summed E-state index contributed by atoms with van der Waals surface area (Å²) in [6.45, 7) is 6.54. The largest absolute Gasteiger partial charge is 0.459 e. The van der Waals surface area contributed by atoms with Crippen molar-refractivity contribution in [3.63, 3.8) is 0 Å². The summed E-state index contributed by atoms with van der Waals surface area (Å²) in [5, 5.41) is 0. The lowest BCUT2D eigenvalue weighted by Crippen LogP contribution is -2.58. The highest BCUT2D eigenvalue weighted by atomic mass is 16.6. The van der Waals surface area contributed by atoms with Gasteiger partial charge in [-0.2, -0.15) is 0 Å². The van der Waals surface area contributed by atoms with E-state index < -0.39 is 5.60 Å². The molecule has 16 heavy (non-hydrogen) atoms. The highest BCUT2D eigenvalue weighted by molar-refractivity contribution is 5.79. The molecule has 0 bridgehead atoms. The summed E-state index contributed by atoms with van der Waals surface area (Å²) in [4.78, 5) is 24.4. The van der Waals surface area contributed by atoms with E-state index in [1.165, 1.54) is 0 Å². The predicted octanol–water partition coefficient (Wildman–Crippen LogP) is 1.17. The van der Waals surface area contributed by atoms with Crippen LogP contribution >= 0.6 is 0 Å². The summed E-state index contributed by atoms with van der Waals surface area (Å²) < 4.78 is 10.2. The first-order valence-electron chi connectivity index (χ1n) is 5.55. The van der Waals surface area contributed by atoms with Gasteiger partial charge in [-0.1, -0.05) is 0 Å². The Kier molecular flexibility index (Phi) is 2.56. The van der Waals surface area contributed by atoms with E-state index in [1.54, 1.807) is 4.90 Å². The zero-order chi connectivity index (χ0) is 11.9. The van der Waals surface area contributed by atoms with Crippen LogP contribution < -0.4 is 0 Å². The van der Waals surface area contributed by atoms with E-state index in [9.17, 15) is 9.59 Å². The molecule has 2 aliphatic rings. The highest BCUT2D eigenvalue weighted by Gasteiger charge is 2.47. The number of ether oxygens (including phenoxy) is 2. The topological polar surface area (TPSA) is 55.8 Å². The molecule has 2 saturated heterocycles. The van der Waals surface area contributed by atoms with Gasteiger partial charge >= 0.3 is 12.1 Å². The summed E-state index contributed by atoms with van der Waals surface area (Å²) in [6.07, 6.45) is 0.241. The Bertz CT molecular complexity index is 320. The van der Waals surface area contributed by atoms with Gasteiger partial charge < -0.3 is 14.4 Å². The van der Waals surface area contributed by atoms with E-state index in [0.29, 0.717) is 19.5 Å². The molecule has 0 saturated carbocycles. The molecule has 0 aliphatic carbocycles. The molecule has 5 nitrogen and oxygen atoms in total. The molecule has 0 unspecified atom stereocenters. The summed E-state index contributed by atoms with van der Waals surface area (Å²) in [5.74, 6) is -0.132. The van der Waals surface area contributed by atoms with E-state index >= 15 is 0 Å². The number of likely N-dealkylation sites (tertiary alicyclic amines) is 1. The smallest absolute Gasteiger partial charge is 0.410 e. The molecule has 0 aromatic carbocycles. The van der Waals surface area contributed by atoms with Gasteiger partial charge in [-0.3, -0.25) is 4.79 Å². The van der Waals surface area contributed by atoms with Crippen molar-refractivity contribution in [2.75, 3.05) is 13.1 Å². The van der Waals surface area contributed by atoms with Gasteiger partial charge in [0.2, 0.25) is 0 Å². The van der Waals surface area contributed by atoms with E-state index in [-0.39, 0.29) is 24.1 Å². The summed E-state index contributed by atoms with van der Waals surface area (Å²) in [5.41, 5.74) is -0.482. The standard InChI is InChI=1S/C11H17NO4/c1-11(2,3)16-10(14)12-5-4-7-8(6-12)15-9(7)13/h7-8H,4-6H2,1-3H3/t7-,8+/m1/s1. The van der Waals surface area contributed by atoms with Gasteiger partial charge in [0.15, 0.2) is 0 Å². The van der Waals surface area contributed by atoms with Gasteiger partial charge in [-0.15, -0.1) is 0 Å². The lowest BCUT2D eigenvalue weighted by Gasteiger charge is -2.43. The van der Waals surface area contributed by atoms with Gasteiger partial charge in [0.05, 0.1) is 12.5 Å². The van der Waals surface area contributed by atoms with Crippen LogP contribution in [0.5, 0.6) is 0 Å². The van der Waals surface area contributed by atoms with Gasteiger partial charge in [0.1, 0.15) is 11.7 Å². The lowest BCUT2D eigenvalue weighted by molar-refractivity contribution is -0.192. The molecule has 0 aromatic heterocycles. The SMILES string of the molecule is CC(C)(C)OC(=O)N1CC[C@H]2C(=O)O[C@H]2C1. The molecule has 0 spiro atoms. The van der Waals surface area contributed by atoms with Gasteiger partial charge in [0, 0.05) is 6.54 Å². The van der Waals surface area contributed by atoms with Crippen LogP contribution in [-0.2, 0) is 14.3 Å². The first-order valence-corrected chi connectivity index (χ1v) is 5.55. The maximum atomic E-state index is 11.7. The summed E-state index contributed by atoms with van der Waals surface area (Å²) in [6, 6.07) is 0. The van der Waals surface area contributed by atoms with Crippen molar-refractivity contribution < 1.29 is 19.1 Å². The highest BCUT2D eigenvalue weighted by Crippen LogP contribution is 2.31. The van der Waals surface area contributed by atoms with Crippen LogP contribution in [0.3, 0.4) is 0 Å². The van der Waals surface area contributed by atoms with Crippen LogP contribution in [0.4, 0.5) is 4.79 Å². The number of piperidine rings is 1. The lowest BCUT2D eigenvalue weighted by atomic mass is 9.89. The first-order chi connectivity index (χ1) is 7.37. The molecular formula is C11H17NO4. The van der Waals surface area contributed by atoms with Crippen molar-refractivity contribution in [2.24, 2.45) is 5.92 Å². The monoisotopic (exact) mass is 227 g/mol. The molecule has 1 amide bonds. The second kappa shape index (κ2) is 3.64. The first kappa shape index (κ1) is 11.2. The second-order valence-corrected chi connectivity index (χ2v) is 5.30. The van der Waals surface area contributed by atoms with Crippen LogP contribution in [-0.4, -0.2) is 41.8 Å². The maximum absolute atomic E-state index is 11.7. The Hall–Kier alpha value is -1.26. The summed E-state index contributed by atoms with van der Waals surface area (Å²) >= 11 is 0. The van der Waals surface area contributed by atoms with Crippen LogP contribution in [0.2, 0.25) is 0 Å². The molecule has 0 N–H and O–H groups in total. The average molecular weight is 227 g/mol. The third kappa shape index (κ3) is 2.13. The number of hydrogen-bond acceptors (Lipinski definition) is 4. The minimum atomic E-state index is -0.482.